The summed E-state index contributed by atoms with van der Waals surface area (Å²) < 4.78 is 11.0. The van der Waals surface area contributed by atoms with Crippen molar-refractivity contribution in [1.29, 1.82) is 0 Å². The van der Waals surface area contributed by atoms with Gasteiger partial charge in [0.15, 0.2) is 0 Å². The summed E-state index contributed by atoms with van der Waals surface area (Å²) in [5.74, 6) is 0.879. The Balaban J connectivity index is 2.19. The van der Waals surface area contributed by atoms with Gasteiger partial charge in [0.2, 0.25) is 0 Å². The summed E-state index contributed by atoms with van der Waals surface area (Å²) >= 11 is 0. The number of hydrogen-bond donors (Lipinski definition) is 0. The lowest BCUT2D eigenvalue weighted by Gasteiger charge is -2.20. The third-order valence-electron chi connectivity index (χ3n) is 3.62. The molecule has 3 nitrogen and oxygen atoms in total. The van der Waals surface area contributed by atoms with Crippen LogP contribution in [0.5, 0.6) is 11.5 Å². The zero-order chi connectivity index (χ0) is 17.0. The van der Waals surface area contributed by atoms with Gasteiger partial charge in [-0.25, -0.2) is 4.79 Å². The first-order valence-corrected chi connectivity index (χ1v) is 7.87. The Kier molecular flexibility index (Phi) is 5.09. The monoisotopic (exact) mass is 312 g/mol. The zero-order valence-electron chi connectivity index (χ0n) is 14.5. The molecule has 0 aliphatic rings. The maximum Gasteiger partial charge on any atom is 0.343 e. The highest BCUT2D eigenvalue weighted by atomic mass is 16.5. The average molecular weight is 312 g/mol. The molecule has 2 aromatic carbocycles. The van der Waals surface area contributed by atoms with Crippen LogP contribution in [0.1, 0.15) is 49.2 Å². The summed E-state index contributed by atoms with van der Waals surface area (Å²) in [6.07, 6.45) is 0. The van der Waals surface area contributed by atoms with Crippen molar-refractivity contribution in [2.75, 3.05) is 6.61 Å². The van der Waals surface area contributed by atoms with Gasteiger partial charge in [-0.15, -0.1) is 0 Å². The number of hydrogen-bond acceptors (Lipinski definition) is 3. The van der Waals surface area contributed by atoms with E-state index in [9.17, 15) is 4.79 Å². The highest BCUT2D eigenvalue weighted by molar-refractivity contribution is 5.91. The number of esters is 1. The SMILES string of the molecule is CCOc1cccc(C(=O)Oc2ccc(C(C)(C)C)cc2C)c1. The molecular weight excluding hydrogens is 288 g/mol. The first kappa shape index (κ1) is 17.1. The molecule has 0 fully saturated rings. The lowest BCUT2D eigenvalue weighted by Crippen LogP contribution is -2.13. The smallest absolute Gasteiger partial charge is 0.343 e. The van der Waals surface area contributed by atoms with Gasteiger partial charge in [-0.1, -0.05) is 39.0 Å². The van der Waals surface area contributed by atoms with E-state index in [1.54, 1.807) is 18.2 Å². The zero-order valence-corrected chi connectivity index (χ0v) is 14.5. The quantitative estimate of drug-likeness (QED) is 0.594. The Morgan fingerprint density at radius 2 is 1.83 bits per heavy atom. The van der Waals surface area contributed by atoms with E-state index < -0.39 is 0 Å². The first-order valence-electron chi connectivity index (χ1n) is 7.87. The van der Waals surface area contributed by atoms with Crippen molar-refractivity contribution in [3.8, 4) is 11.5 Å². The van der Waals surface area contributed by atoms with Crippen molar-refractivity contribution in [1.82, 2.24) is 0 Å². The highest BCUT2D eigenvalue weighted by Crippen LogP contribution is 2.28. The topological polar surface area (TPSA) is 35.5 Å². The van der Waals surface area contributed by atoms with Crippen molar-refractivity contribution < 1.29 is 14.3 Å². The van der Waals surface area contributed by atoms with E-state index in [2.05, 4.69) is 26.8 Å². The van der Waals surface area contributed by atoms with E-state index in [1.807, 2.05) is 32.0 Å². The van der Waals surface area contributed by atoms with Gasteiger partial charge in [-0.3, -0.25) is 0 Å². The molecule has 23 heavy (non-hydrogen) atoms. The minimum atomic E-state index is -0.377. The summed E-state index contributed by atoms with van der Waals surface area (Å²) in [5, 5.41) is 0. The van der Waals surface area contributed by atoms with E-state index >= 15 is 0 Å². The Labute approximate surface area is 138 Å². The minimum Gasteiger partial charge on any atom is -0.494 e. The van der Waals surface area contributed by atoms with Crippen molar-refractivity contribution in [3.05, 3.63) is 59.2 Å². The molecule has 2 rings (SSSR count). The van der Waals surface area contributed by atoms with Crippen molar-refractivity contribution in [3.63, 3.8) is 0 Å². The molecule has 0 radical (unpaired) electrons. The number of ether oxygens (including phenoxy) is 2. The van der Waals surface area contributed by atoms with Gasteiger partial charge in [-0.2, -0.15) is 0 Å². The fourth-order valence-corrected chi connectivity index (χ4v) is 2.27. The molecule has 0 bridgehead atoms. The third-order valence-corrected chi connectivity index (χ3v) is 3.62. The second-order valence-corrected chi connectivity index (χ2v) is 6.58. The van der Waals surface area contributed by atoms with Crippen molar-refractivity contribution in [2.45, 2.75) is 40.0 Å². The number of rotatable bonds is 4. The van der Waals surface area contributed by atoms with Crippen molar-refractivity contribution >= 4 is 5.97 Å². The van der Waals surface area contributed by atoms with Gasteiger partial charge >= 0.3 is 5.97 Å². The molecule has 0 heterocycles. The molecule has 122 valence electrons. The molecule has 3 heteroatoms. The highest BCUT2D eigenvalue weighted by Gasteiger charge is 2.16. The van der Waals surface area contributed by atoms with Crippen LogP contribution in [0.4, 0.5) is 0 Å². The van der Waals surface area contributed by atoms with E-state index in [-0.39, 0.29) is 11.4 Å². The Morgan fingerprint density at radius 1 is 1.09 bits per heavy atom. The minimum absolute atomic E-state index is 0.0686. The van der Waals surface area contributed by atoms with Crippen LogP contribution in [-0.4, -0.2) is 12.6 Å². The number of benzene rings is 2. The molecule has 2 aromatic rings. The number of aryl methyl sites for hydroxylation is 1. The summed E-state index contributed by atoms with van der Waals surface area (Å²) in [4.78, 5) is 12.3. The first-order chi connectivity index (χ1) is 10.8. The van der Waals surface area contributed by atoms with E-state index in [0.29, 0.717) is 23.7 Å². The molecule has 0 atom stereocenters. The molecule has 0 aliphatic carbocycles. The summed E-state index contributed by atoms with van der Waals surface area (Å²) in [5.41, 5.74) is 2.72. The van der Waals surface area contributed by atoms with E-state index in [4.69, 9.17) is 9.47 Å². The average Bonchev–Trinajstić information content (AvgIpc) is 2.49. The normalized spacial score (nSPS) is 11.2. The second kappa shape index (κ2) is 6.86. The Bertz CT molecular complexity index is 696. The van der Waals surface area contributed by atoms with Gasteiger partial charge in [0.25, 0.3) is 0 Å². The van der Waals surface area contributed by atoms with Gasteiger partial charge in [0.1, 0.15) is 11.5 Å². The number of carbonyl (C=O) groups excluding carboxylic acids is 1. The predicted molar refractivity (Wildman–Crippen MR) is 92.4 cm³/mol. The molecule has 0 spiro atoms. The fourth-order valence-electron chi connectivity index (χ4n) is 2.27. The molecule has 0 saturated heterocycles. The summed E-state index contributed by atoms with van der Waals surface area (Å²) in [7, 11) is 0. The number of carbonyl (C=O) groups is 1. The molecule has 0 saturated carbocycles. The van der Waals surface area contributed by atoms with Crippen LogP contribution in [0.2, 0.25) is 0 Å². The van der Waals surface area contributed by atoms with Crippen LogP contribution in [-0.2, 0) is 5.41 Å². The Morgan fingerprint density at radius 3 is 2.43 bits per heavy atom. The largest absolute Gasteiger partial charge is 0.494 e. The van der Waals surface area contributed by atoms with Crippen LogP contribution >= 0.6 is 0 Å². The van der Waals surface area contributed by atoms with Crippen LogP contribution in [0.15, 0.2) is 42.5 Å². The fraction of sp³-hybridized carbons (Fsp3) is 0.350. The molecular formula is C20H24O3. The lowest BCUT2D eigenvalue weighted by molar-refractivity contribution is 0.0733. The second-order valence-electron chi connectivity index (χ2n) is 6.58. The maximum atomic E-state index is 12.3. The summed E-state index contributed by atoms with van der Waals surface area (Å²) in [6.45, 7) is 10.9. The van der Waals surface area contributed by atoms with Crippen LogP contribution in [0.3, 0.4) is 0 Å². The molecule has 0 N–H and O–H groups in total. The van der Waals surface area contributed by atoms with Gasteiger partial charge < -0.3 is 9.47 Å². The van der Waals surface area contributed by atoms with Gasteiger partial charge in [0, 0.05) is 0 Å². The van der Waals surface area contributed by atoms with E-state index in [1.165, 1.54) is 5.56 Å². The maximum absolute atomic E-state index is 12.3. The predicted octanol–water partition coefficient (Wildman–Crippen LogP) is 4.91. The van der Waals surface area contributed by atoms with Crippen LogP contribution in [0, 0.1) is 6.92 Å². The van der Waals surface area contributed by atoms with Gasteiger partial charge in [0.05, 0.1) is 12.2 Å². The van der Waals surface area contributed by atoms with Crippen LogP contribution in [0.25, 0.3) is 0 Å². The molecule has 0 aliphatic heterocycles. The Hall–Kier alpha value is -2.29. The lowest BCUT2D eigenvalue weighted by atomic mass is 9.86. The molecule has 0 amide bonds. The van der Waals surface area contributed by atoms with E-state index in [0.717, 1.165) is 5.56 Å². The molecule has 0 unspecified atom stereocenters. The third kappa shape index (κ3) is 4.35. The summed E-state index contributed by atoms with van der Waals surface area (Å²) in [6, 6.07) is 13.0. The molecule has 0 aromatic heterocycles. The standard InChI is InChI=1S/C20H24O3/c1-6-22-17-9-7-8-15(13-17)19(21)23-18-11-10-16(12-14(18)2)20(3,4)5/h7-13H,6H2,1-5H3. The van der Waals surface area contributed by atoms with Gasteiger partial charge in [-0.05, 0) is 54.7 Å². The van der Waals surface area contributed by atoms with Crippen molar-refractivity contribution in [2.24, 2.45) is 0 Å². The van der Waals surface area contributed by atoms with Crippen LogP contribution < -0.4 is 9.47 Å².